The molecule has 1 saturated heterocycles. The molecule has 1 aliphatic rings. The predicted octanol–water partition coefficient (Wildman–Crippen LogP) is 4.49. The maximum Gasteiger partial charge on any atom is 0.271 e. The van der Waals surface area contributed by atoms with Crippen molar-refractivity contribution in [3.63, 3.8) is 0 Å². The second-order valence-electron chi connectivity index (χ2n) is 8.41. The Bertz CT molecular complexity index is 723. The lowest BCUT2D eigenvalue weighted by molar-refractivity contribution is -0.123. The molecule has 1 aromatic carbocycles. The number of benzene rings is 1. The van der Waals surface area contributed by atoms with Crippen LogP contribution in [0, 0.1) is 12.5 Å². The largest absolute Gasteiger partial charge is 0.507 e. The summed E-state index contributed by atoms with van der Waals surface area (Å²) in [5.74, 6) is 1.01. The molecule has 0 aromatic heterocycles. The number of hydrogen-bond acceptors (Lipinski definition) is 3. The van der Waals surface area contributed by atoms with Crippen LogP contribution in [0.15, 0.2) is 17.0 Å². The fraction of sp³-hybridized carbons (Fsp3) is 0.476. The highest BCUT2D eigenvalue weighted by Gasteiger charge is 2.27. The third kappa shape index (κ3) is 4.22. The van der Waals surface area contributed by atoms with Crippen LogP contribution in [0.2, 0.25) is 0 Å². The van der Waals surface area contributed by atoms with E-state index in [-0.39, 0.29) is 16.7 Å². The molecular weight excluding hydrogens is 330 g/mol. The second kappa shape index (κ2) is 6.80. The Hall–Kier alpha value is -1.86. The highest BCUT2D eigenvalue weighted by Crippen LogP contribution is 2.40. The normalized spacial score (nSPS) is 17.7. The van der Waals surface area contributed by atoms with Crippen molar-refractivity contribution in [3.8, 4) is 18.2 Å². The van der Waals surface area contributed by atoms with Crippen LogP contribution in [0.5, 0.6) is 5.75 Å². The van der Waals surface area contributed by atoms with Gasteiger partial charge in [0.25, 0.3) is 5.91 Å². The molecule has 1 aliphatic heterocycles. The van der Waals surface area contributed by atoms with E-state index in [4.69, 9.17) is 6.42 Å². The number of phenols is 1. The molecule has 1 heterocycles. The number of amides is 1. The first-order valence-corrected chi connectivity index (χ1v) is 9.44. The molecule has 0 aliphatic carbocycles. The lowest BCUT2D eigenvalue weighted by Gasteiger charge is -2.28. The summed E-state index contributed by atoms with van der Waals surface area (Å²) in [5, 5.41) is 10.8. The molecule has 1 amide bonds. The van der Waals surface area contributed by atoms with Gasteiger partial charge in [0.05, 0.1) is 4.91 Å². The van der Waals surface area contributed by atoms with E-state index in [2.05, 4.69) is 47.6 Å². The number of carbonyl (C=O) groups is 1. The van der Waals surface area contributed by atoms with Gasteiger partial charge in [-0.1, -0.05) is 48.0 Å². The molecule has 4 heteroatoms. The number of terminal acetylenes is 1. The molecular formula is C21H27NO2S. The van der Waals surface area contributed by atoms with Gasteiger partial charge in [0, 0.05) is 29.5 Å². The van der Waals surface area contributed by atoms with E-state index < -0.39 is 0 Å². The van der Waals surface area contributed by atoms with E-state index in [9.17, 15) is 9.90 Å². The molecule has 0 saturated carbocycles. The van der Waals surface area contributed by atoms with Crippen molar-refractivity contribution in [2.75, 3.05) is 12.3 Å². The molecule has 134 valence electrons. The maximum absolute atomic E-state index is 12.4. The first kappa shape index (κ1) is 19.5. The zero-order valence-corrected chi connectivity index (χ0v) is 16.8. The van der Waals surface area contributed by atoms with Crippen molar-refractivity contribution in [2.45, 2.75) is 52.4 Å². The van der Waals surface area contributed by atoms with Crippen LogP contribution in [0.1, 0.15) is 58.2 Å². The summed E-state index contributed by atoms with van der Waals surface area (Å²) >= 11 is 1.53. The van der Waals surface area contributed by atoms with Crippen LogP contribution in [0.25, 0.3) is 6.08 Å². The molecule has 3 nitrogen and oxygen atoms in total. The van der Waals surface area contributed by atoms with Crippen molar-refractivity contribution >= 4 is 23.7 Å². The number of carbonyl (C=O) groups excluding carboxylic acids is 1. The average Bonchev–Trinajstić information content (AvgIpc) is 2.48. The molecule has 1 N–H and O–H groups in total. The first-order chi connectivity index (χ1) is 11.4. The number of nitrogens with zero attached hydrogens (tertiary/aromatic N) is 1. The molecule has 0 bridgehead atoms. The van der Waals surface area contributed by atoms with Crippen molar-refractivity contribution in [1.29, 1.82) is 0 Å². The van der Waals surface area contributed by atoms with Crippen molar-refractivity contribution in [3.05, 3.63) is 33.7 Å². The van der Waals surface area contributed by atoms with Crippen molar-refractivity contribution in [2.24, 2.45) is 0 Å². The van der Waals surface area contributed by atoms with Gasteiger partial charge in [-0.3, -0.25) is 9.69 Å². The third-order valence-electron chi connectivity index (χ3n) is 4.23. The van der Waals surface area contributed by atoms with E-state index in [1.807, 2.05) is 18.2 Å². The Morgan fingerprint density at radius 3 is 2.12 bits per heavy atom. The van der Waals surface area contributed by atoms with Gasteiger partial charge in [0.1, 0.15) is 5.75 Å². The Kier molecular flexibility index (Phi) is 5.30. The summed E-state index contributed by atoms with van der Waals surface area (Å²) in [6.07, 6.45) is 7.31. The molecule has 0 spiro atoms. The molecule has 0 unspecified atom stereocenters. The molecule has 1 aromatic rings. The fourth-order valence-electron chi connectivity index (χ4n) is 2.80. The predicted molar refractivity (Wildman–Crippen MR) is 106 cm³/mol. The standard InChI is InChI=1S/C21H27NO2S/c1-8-22-9-10-25-17(19(22)24)13-14-11-15(20(2,3)4)18(23)16(12-14)21(5,6)7/h1,11-13,23H,9-10H2,2-7H3. The van der Waals surface area contributed by atoms with Gasteiger partial charge in [-0.25, -0.2) is 0 Å². The number of hydrogen-bond donors (Lipinski definition) is 1. The van der Waals surface area contributed by atoms with Crippen LogP contribution < -0.4 is 0 Å². The Balaban J connectivity index is 2.61. The monoisotopic (exact) mass is 357 g/mol. The van der Waals surface area contributed by atoms with Gasteiger partial charge < -0.3 is 5.11 Å². The minimum absolute atomic E-state index is 0.124. The van der Waals surface area contributed by atoms with Crippen LogP contribution in [0.3, 0.4) is 0 Å². The van der Waals surface area contributed by atoms with E-state index in [0.29, 0.717) is 17.2 Å². The average molecular weight is 358 g/mol. The minimum Gasteiger partial charge on any atom is -0.507 e. The van der Waals surface area contributed by atoms with Gasteiger partial charge in [0.15, 0.2) is 0 Å². The Morgan fingerprint density at radius 2 is 1.68 bits per heavy atom. The summed E-state index contributed by atoms with van der Waals surface area (Å²) in [5.41, 5.74) is 2.28. The van der Waals surface area contributed by atoms with E-state index in [1.165, 1.54) is 16.7 Å². The SMILES string of the molecule is C#CN1CCSC(=Cc2cc(C(C)(C)C)c(O)c(C(C)(C)C)c2)C1=O. The summed E-state index contributed by atoms with van der Waals surface area (Å²) in [4.78, 5) is 14.5. The highest BCUT2D eigenvalue weighted by atomic mass is 32.2. The summed E-state index contributed by atoms with van der Waals surface area (Å²) < 4.78 is 0. The number of aromatic hydroxyl groups is 1. The topological polar surface area (TPSA) is 40.5 Å². The maximum atomic E-state index is 12.4. The van der Waals surface area contributed by atoms with Gasteiger partial charge in [-0.2, -0.15) is 0 Å². The summed E-state index contributed by atoms with van der Waals surface area (Å²) in [6, 6.07) is 6.38. The smallest absolute Gasteiger partial charge is 0.271 e. The van der Waals surface area contributed by atoms with E-state index >= 15 is 0 Å². The number of phenolic OH excluding ortho intramolecular Hbond substituents is 1. The molecule has 2 rings (SSSR count). The summed E-state index contributed by atoms with van der Waals surface area (Å²) in [7, 11) is 0. The number of thioether (sulfide) groups is 1. The third-order valence-corrected chi connectivity index (χ3v) is 5.22. The van der Waals surface area contributed by atoms with Crippen LogP contribution in [0.4, 0.5) is 0 Å². The summed E-state index contributed by atoms with van der Waals surface area (Å²) in [6.45, 7) is 13.0. The zero-order valence-electron chi connectivity index (χ0n) is 15.9. The molecule has 1 fully saturated rings. The molecule has 0 atom stereocenters. The number of rotatable bonds is 1. The zero-order chi connectivity index (χ0) is 19.0. The Labute approximate surface area is 155 Å². The van der Waals surface area contributed by atoms with Crippen molar-refractivity contribution in [1.82, 2.24) is 4.90 Å². The van der Waals surface area contributed by atoms with Crippen LogP contribution in [-0.2, 0) is 15.6 Å². The lowest BCUT2D eigenvalue weighted by atomic mass is 9.78. The molecule has 0 radical (unpaired) electrons. The van der Waals surface area contributed by atoms with Gasteiger partial charge in [0.2, 0.25) is 0 Å². The quantitative estimate of drug-likeness (QED) is 0.594. The van der Waals surface area contributed by atoms with Gasteiger partial charge in [-0.05, 0) is 34.6 Å². The van der Waals surface area contributed by atoms with Gasteiger partial charge >= 0.3 is 0 Å². The lowest BCUT2D eigenvalue weighted by Crippen LogP contribution is -2.32. The highest BCUT2D eigenvalue weighted by molar-refractivity contribution is 8.04. The fourth-order valence-corrected chi connectivity index (χ4v) is 3.75. The second-order valence-corrected chi connectivity index (χ2v) is 9.54. The Morgan fingerprint density at radius 1 is 1.16 bits per heavy atom. The van der Waals surface area contributed by atoms with Crippen molar-refractivity contribution < 1.29 is 9.90 Å². The van der Waals surface area contributed by atoms with E-state index in [0.717, 1.165) is 22.4 Å². The van der Waals surface area contributed by atoms with Gasteiger partial charge in [-0.15, -0.1) is 11.8 Å². The minimum atomic E-state index is -0.201. The van der Waals surface area contributed by atoms with Crippen LogP contribution in [-0.4, -0.2) is 28.2 Å². The molecule has 25 heavy (non-hydrogen) atoms. The first-order valence-electron chi connectivity index (χ1n) is 8.45. The van der Waals surface area contributed by atoms with E-state index in [1.54, 1.807) is 0 Å². The van der Waals surface area contributed by atoms with Crippen LogP contribution >= 0.6 is 11.8 Å².